The van der Waals surface area contributed by atoms with Crippen LogP contribution in [0, 0.1) is 11.6 Å². The number of halogens is 3. The third-order valence-electron chi connectivity index (χ3n) is 2.39. The maximum atomic E-state index is 13.2. The van der Waals surface area contributed by atoms with Crippen LogP contribution in [0.3, 0.4) is 0 Å². The molecule has 7 nitrogen and oxygen atoms in total. The number of aromatic nitrogens is 4. The summed E-state index contributed by atoms with van der Waals surface area (Å²) in [6.07, 6.45) is 0. The van der Waals surface area contributed by atoms with E-state index in [0.717, 1.165) is 12.1 Å². The van der Waals surface area contributed by atoms with Gasteiger partial charge >= 0.3 is 0 Å². The van der Waals surface area contributed by atoms with Crippen LogP contribution in [0.5, 0.6) is 0 Å². The Hall–Kier alpha value is -2.55. The minimum absolute atomic E-state index is 0.0143. The van der Waals surface area contributed by atoms with Gasteiger partial charge in [0.05, 0.1) is 10.6 Å². The average Bonchev–Trinajstić information content (AvgIpc) is 3.02. The molecule has 0 amide bonds. The molecule has 3 rings (SSSR count). The summed E-state index contributed by atoms with van der Waals surface area (Å²) < 4.78 is 35.5. The summed E-state index contributed by atoms with van der Waals surface area (Å²) in [5.41, 5.74) is 5.58. The van der Waals surface area contributed by atoms with Gasteiger partial charge in [0, 0.05) is 0 Å². The second-order valence-corrected chi connectivity index (χ2v) is 4.07. The third kappa shape index (κ3) is 1.97. The SMILES string of the molecule is Nc1nonc1-c1noc(-c2cc(F)c(F)cc2Cl)n1. The highest BCUT2D eigenvalue weighted by molar-refractivity contribution is 6.33. The predicted molar refractivity (Wildman–Crippen MR) is 62.4 cm³/mol. The summed E-state index contributed by atoms with van der Waals surface area (Å²) >= 11 is 5.80. The molecule has 0 aliphatic rings. The van der Waals surface area contributed by atoms with Crippen LogP contribution in [0.1, 0.15) is 0 Å². The summed E-state index contributed by atoms with van der Waals surface area (Å²) in [6.45, 7) is 0. The van der Waals surface area contributed by atoms with E-state index < -0.39 is 11.6 Å². The van der Waals surface area contributed by atoms with E-state index >= 15 is 0 Å². The Morgan fingerprint density at radius 3 is 2.55 bits per heavy atom. The van der Waals surface area contributed by atoms with Gasteiger partial charge in [-0.1, -0.05) is 16.8 Å². The summed E-state index contributed by atoms with van der Waals surface area (Å²) in [5.74, 6) is -2.34. The summed E-state index contributed by atoms with van der Waals surface area (Å²) in [7, 11) is 0. The topological polar surface area (TPSA) is 104 Å². The van der Waals surface area contributed by atoms with Gasteiger partial charge in [0.1, 0.15) is 0 Å². The molecule has 0 aliphatic carbocycles. The standard InChI is InChI=1S/C10H4ClF2N5O2/c11-4-2-6(13)5(12)1-3(4)10-15-9(18-19-10)7-8(14)17-20-16-7/h1-2H,(H2,14,17). The minimum Gasteiger partial charge on any atom is -0.379 e. The van der Waals surface area contributed by atoms with Crippen LogP contribution in [0.4, 0.5) is 14.6 Å². The number of nitrogens with two attached hydrogens (primary N) is 1. The molecule has 0 fully saturated rings. The monoisotopic (exact) mass is 299 g/mol. The fraction of sp³-hybridized carbons (Fsp3) is 0. The van der Waals surface area contributed by atoms with Gasteiger partial charge in [-0.25, -0.2) is 13.4 Å². The molecule has 2 aromatic heterocycles. The molecule has 1 aromatic carbocycles. The van der Waals surface area contributed by atoms with E-state index in [4.69, 9.17) is 21.9 Å². The first-order valence-electron chi connectivity index (χ1n) is 5.13. The molecule has 0 atom stereocenters. The number of nitrogens with zero attached hydrogens (tertiary/aromatic N) is 4. The molecule has 2 heterocycles. The highest BCUT2D eigenvalue weighted by Gasteiger charge is 2.20. The number of anilines is 1. The Balaban J connectivity index is 2.07. The lowest BCUT2D eigenvalue weighted by molar-refractivity contribution is 0.310. The molecule has 2 N–H and O–H groups in total. The molecule has 102 valence electrons. The van der Waals surface area contributed by atoms with Crippen molar-refractivity contribution in [3.63, 3.8) is 0 Å². The predicted octanol–water partition coefficient (Wildman–Crippen LogP) is 2.30. The summed E-state index contributed by atoms with van der Waals surface area (Å²) in [5, 5.41) is 10.3. The molecule has 0 radical (unpaired) electrons. The summed E-state index contributed by atoms with van der Waals surface area (Å²) in [6, 6.07) is 1.65. The zero-order valence-electron chi connectivity index (χ0n) is 9.47. The fourth-order valence-electron chi connectivity index (χ4n) is 1.47. The molecule has 0 saturated carbocycles. The smallest absolute Gasteiger partial charge is 0.259 e. The molecule has 0 aliphatic heterocycles. The van der Waals surface area contributed by atoms with Crippen molar-refractivity contribution in [1.29, 1.82) is 0 Å². The van der Waals surface area contributed by atoms with Gasteiger partial charge in [0.25, 0.3) is 5.89 Å². The number of benzene rings is 1. The zero-order chi connectivity index (χ0) is 14.3. The fourth-order valence-corrected chi connectivity index (χ4v) is 1.70. The van der Waals surface area contributed by atoms with Gasteiger partial charge in [-0.2, -0.15) is 4.98 Å². The van der Waals surface area contributed by atoms with Crippen molar-refractivity contribution in [3.05, 3.63) is 28.8 Å². The van der Waals surface area contributed by atoms with Crippen molar-refractivity contribution in [2.75, 3.05) is 5.73 Å². The normalized spacial score (nSPS) is 10.9. The first-order valence-corrected chi connectivity index (χ1v) is 5.51. The van der Waals surface area contributed by atoms with Crippen LogP contribution in [0.2, 0.25) is 5.02 Å². The first-order chi connectivity index (χ1) is 9.56. The van der Waals surface area contributed by atoms with Crippen LogP contribution in [0.15, 0.2) is 21.3 Å². The van der Waals surface area contributed by atoms with Gasteiger partial charge in [-0.05, 0) is 22.4 Å². The van der Waals surface area contributed by atoms with Crippen molar-refractivity contribution in [1.82, 2.24) is 20.5 Å². The van der Waals surface area contributed by atoms with Gasteiger partial charge in [-0.3, -0.25) is 0 Å². The Labute approximate surface area is 114 Å². The van der Waals surface area contributed by atoms with E-state index in [0.29, 0.717) is 0 Å². The van der Waals surface area contributed by atoms with E-state index in [1.165, 1.54) is 0 Å². The Morgan fingerprint density at radius 1 is 1.10 bits per heavy atom. The van der Waals surface area contributed by atoms with Gasteiger partial charge < -0.3 is 10.3 Å². The Morgan fingerprint density at radius 2 is 1.85 bits per heavy atom. The lowest BCUT2D eigenvalue weighted by Gasteiger charge is -1.99. The van der Waals surface area contributed by atoms with E-state index in [2.05, 4.69) is 25.1 Å². The lowest BCUT2D eigenvalue weighted by atomic mass is 10.2. The van der Waals surface area contributed by atoms with Crippen molar-refractivity contribution in [2.45, 2.75) is 0 Å². The maximum Gasteiger partial charge on any atom is 0.259 e. The number of nitrogen functional groups attached to an aromatic ring is 1. The van der Waals surface area contributed by atoms with E-state index in [-0.39, 0.29) is 33.8 Å². The van der Waals surface area contributed by atoms with E-state index in [1.807, 2.05) is 0 Å². The number of hydrogen-bond acceptors (Lipinski definition) is 7. The second kappa shape index (κ2) is 4.53. The Kier molecular flexibility index (Phi) is 2.83. The molecular weight excluding hydrogens is 296 g/mol. The highest BCUT2D eigenvalue weighted by atomic mass is 35.5. The number of hydrogen-bond donors (Lipinski definition) is 1. The van der Waals surface area contributed by atoms with Crippen LogP contribution >= 0.6 is 11.6 Å². The van der Waals surface area contributed by atoms with Gasteiger partial charge in [0.2, 0.25) is 5.82 Å². The molecule has 0 saturated heterocycles. The van der Waals surface area contributed by atoms with Crippen molar-refractivity contribution < 1.29 is 17.9 Å². The molecular formula is C10H4ClF2N5O2. The van der Waals surface area contributed by atoms with Crippen LogP contribution in [-0.2, 0) is 0 Å². The van der Waals surface area contributed by atoms with Crippen molar-refractivity contribution >= 4 is 17.4 Å². The van der Waals surface area contributed by atoms with Crippen LogP contribution in [-0.4, -0.2) is 20.5 Å². The molecule has 0 bridgehead atoms. The quantitative estimate of drug-likeness (QED) is 0.724. The van der Waals surface area contributed by atoms with Crippen molar-refractivity contribution in [2.24, 2.45) is 0 Å². The van der Waals surface area contributed by atoms with E-state index in [1.54, 1.807) is 0 Å². The second-order valence-electron chi connectivity index (χ2n) is 3.67. The van der Waals surface area contributed by atoms with E-state index in [9.17, 15) is 8.78 Å². The molecule has 3 aromatic rings. The largest absolute Gasteiger partial charge is 0.379 e. The maximum absolute atomic E-state index is 13.2. The molecule has 0 spiro atoms. The summed E-state index contributed by atoms with van der Waals surface area (Å²) in [4.78, 5) is 3.92. The molecule has 10 heteroatoms. The van der Waals surface area contributed by atoms with Crippen LogP contribution < -0.4 is 5.73 Å². The third-order valence-corrected chi connectivity index (χ3v) is 2.70. The van der Waals surface area contributed by atoms with Gasteiger partial charge in [0.15, 0.2) is 23.1 Å². The molecule has 0 unspecified atom stereocenters. The minimum atomic E-state index is -1.09. The zero-order valence-corrected chi connectivity index (χ0v) is 10.2. The first kappa shape index (κ1) is 12.5. The average molecular weight is 300 g/mol. The van der Waals surface area contributed by atoms with Gasteiger partial charge in [-0.15, -0.1) is 0 Å². The highest BCUT2D eigenvalue weighted by Crippen LogP contribution is 2.30. The number of rotatable bonds is 2. The Bertz CT molecular complexity index is 788. The molecule has 20 heavy (non-hydrogen) atoms. The lowest BCUT2D eigenvalue weighted by Crippen LogP contribution is -1.90. The van der Waals surface area contributed by atoms with Crippen molar-refractivity contribution in [3.8, 4) is 23.0 Å². The van der Waals surface area contributed by atoms with Crippen LogP contribution in [0.25, 0.3) is 23.0 Å².